The molecule has 1 aromatic heterocycles. The lowest BCUT2D eigenvalue weighted by atomic mass is 10.1. The number of esters is 1. The SMILES string of the molecule is COC(=O)C(Cc1c[nH]cn1)NC(=O)CN(CC(=O)O)[C@@H](C)CCc1ccccc1. The van der Waals surface area contributed by atoms with Crippen LogP contribution in [0.25, 0.3) is 0 Å². The van der Waals surface area contributed by atoms with Gasteiger partial charge in [0.15, 0.2) is 0 Å². The van der Waals surface area contributed by atoms with E-state index < -0.39 is 23.9 Å². The van der Waals surface area contributed by atoms with Crippen LogP contribution in [0.15, 0.2) is 42.9 Å². The van der Waals surface area contributed by atoms with Crippen LogP contribution in [0.2, 0.25) is 0 Å². The topological polar surface area (TPSA) is 125 Å². The number of nitrogens with zero attached hydrogens (tertiary/aromatic N) is 2. The Hall–Kier alpha value is -3.20. The van der Waals surface area contributed by atoms with E-state index in [1.165, 1.54) is 13.4 Å². The summed E-state index contributed by atoms with van der Waals surface area (Å²) in [5.74, 6) is -2.06. The van der Waals surface area contributed by atoms with Gasteiger partial charge in [-0.2, -0.15) is 0 Å². The maximum absolute atomic E-state index is 12.6. The van der Waals surface area contributed by atoms with E-state index in [-0.39, 0.29) is 25.6 Å². The van der Waals surface area contributed by atoms with Crippen molar-refractivity contribution in [1.29, 1.82) is 0 Å². The van der Waals surface area contributed by atoms with E-state index in [0.29, 0.717) is 12.1 Å². The Morgan fingerprint density at radius 2 is 1.97 bits per heavy atom. The highest BCUT2D eigenvalue weighted by Crippen LogP contribution is 2.10. The molecule has 1 amide bonds. The second kappa shape index (κ2) is 11.7. The van der Waals surface area contributed by atoms with Gasteiger partial charge < -0.3 is 20.1 Å². The number of hydrogen-bond donors (Lipinski definition) is 3. The number of aromatic amines is 1. The molecule has 0 aliphatic rings. The molecule has 0 fully saturated rings. The predicted octanol–water partition coefficient (Wildman–Crippen LogP) is 1.02. The van der Waals surface area contributed by atoms with Gasteiger partial charge in [-0.05, 0) is 25.3 Å². The van der Waals surface area contributed by atoms with Crippen LogP contribution in [0.5, 0.6) is 0 Å². The van der Waals surface area contributed by atoms with E-state index in [1.807, 2.05) is 37.3 Å². The number of ether oxygens (including phenoxy) is 1. The van der Waals surface area contributed by atoms with Crippen molar-refractivity contribution in [2.24, 2.45) is 0 Å². The monoisotopic (exact) mass is 416 g/mol. The first-order valence-electron chi connectivity index (χ1n) is 9.73. The maximum atomic E-state index is 12.6. The molecule has 0 saturated heterocycles. The minimum absolute atomic E-state index is 0.143. The Bertz CT molecular complexity index is 810. The molecular formula is C21H28N4O5. The summed E-state index contributed by atoms with van der Waals surface area (Å²) in [6, 6.07) is 8.82. The first-order chi connectivity index (χ1) is 14.4. The number of aryl methyl sites for hydroxylation is 1. The Morgan fingerprint density at radius 3 is 2.57 bits per heavy atom. The van der Waals surface area contributed by atoms with Crippen LogP contribution < -0.4 is 5.32 Å². The van der Waals surface area contributed by atoms with Gasteiger partial charge in [0.05, 0.1) is 32.2 Å². The quantitative estimate of drug-likeness (QED) is 0.441. The summed E-state index contributed by atoms with van der Waals surface area (Å²) >= 11 is 0. The van der Waals surface area contributed by atoms with E-state index in [1.54, 1.807) is 11.1 Å². The number of H-pyrrole nitrogens is 1. The van der Waals surface area contributed by atoms with Crippen molar-refractivity contribution in [3.8, 4) is 0 Å². The Kier molecular flexibility index (Phi) is 9.02. The lowest BCUT2D eigenvalue weighted by Gasteiger charge is -2.27. The zero-order valence-corrected chi connectivity index (χ0v) is 17.2. The normalized spacial score (nSPS) is 12.9. The van der Waals surface area contributed by atoms with Crippen molar-refractivity contribution in [1.82, 2.24) is 20.2 Å². The number of imidazole rings is 1. The standard InChI is InChI=1S/C21H28N4O5/c1-15(8-9-16-6-4-3-5-7-16)25(13-20(27)28)12-19(26)24-18(21(29)30-2)10-17-11-22-14-23-17/h3-7,11,14-15,18H,8-10,12-13H2,1-2H3,(H,22,23)(H,24,26)(H,27,28)/t15-,18?/m0/s1. The molecule has 1 aromatic carbocycles. The van der Waals surface area contributed by atoms with Crippen LogP contribution in [-0.2, 0) is 32.0 Å². The Balaban J connectivity index is 1.97. The molecule has 3 N–H and O–H groups in total. The lowest BCUT2D eigenvalue weighted by molar-refractivity contribution is -0.146. The number of carboxylic acids is 1. The van der Waals surface area contributed by atoms with Crippen LogP contribution in [-0.4, -0.2) is 70.1 Å². The number of carbonyl (C=O) groups is 3. The number of carbonyl (C=O) groups excluding carboxylic acids is 2. The molecule has 0 spiro atoms. The van der Waals surface area contributed by atoms with Gasteiger partial charge in [-0.3, -0.25) is 14.5 Å². The number of carboxylic acid groups (broad SMARTS) is 1. The highest BCUT2D eigenvalue weighted by atomic mass is 16.5. The van der Waals surface area contributed by atoms with Gasteiger partial charge in [0, 0.05) is 18.7 Å². The summed E-state index contributed by atoms with van der Waals surface area (Å²) in [6.45, 7) is 1.47. The number of methoxy groups -OCH3 is 1. The predicted molar refractivity (Wildman–Crippen MR) is 110 cm³/mol. The van der Waals surface area contributed by atoms with Crippen molar-refractivity contribution in [3.05, 3.63) is 54.1 Å². The minimum atomic E-state index is -1.02. The van der Waals surface area contributed by atoms with Crippen LogP contribution >= 0.6 is 0 Å². The molecule has 9 heteroatoms. The summed E-state index contributed by atoms with van der Waals surface area (Å²) in [4.78, 5) is 44.4. The Labute approximate surface area is 175 Å². The smallest absolute Gasteiger partial charge is 0.328 e. The lowest BCUT2D eigenvalue weighted by Crippen LogP contribution is -2.49. The van der Waals surface area contributed by atoms with Gasteiger partial charge in [-0.15, -0.1) is 0 Å². The average molecular weight is 416 g/mol. The summed E-state index contributed by atoms with van der Waals surface area (Å²) in [5, 5.41) is 11.9. The van der Waals surface area contributed by atoms with E-state index >= 15 is 0 Å². The molecule has 0 bridgehead atoms. The van der Waals surface area contributed by atoms with Crippen molar-refractivity contribution in [3.63, 3.8) is 0 Å². The zero-order valence-electron chi connectivity index (χ0n) is 17.2. The van der Waals surface area contributed by atoms with Crippen LogP contribution in [0, 0.1) is 0 Å². The number of aromatic nitrogens is 2. The van der Waals surface area contributed by atoms with Crippen molar-refractivity contribution in [2.45, 2.75) is 38.3 Å². The summed E-state index contributed by atoms with van der Waals surface area (Å²) in [6.07, 6.45) is 4.74. The molecule has 2 aromatic rings. The first kappa shape index (κ1) is 23.1. The van der Waals surface area contributed by atoms with Crippen LogP contribution in [0.3, 0.4) is 0 Å². The molecule has 1 unspecified atom stereocenters. The molecule has 2 atom stereocenters. The molecule has 0 saturated carbocycles. The number of benzene rings is 1. The molecule has 9 nitrogen and oxygen atoms in total. The number of aliphatic carboxylic acids is 1. The summed E-state index contributed by atoms with van der Waals surface area (Å²) < 4.78 is 4.77. The molecule has 0 aliphatic carbocycles. The number of hydrogen-bond acceptors (Lipinski definition) is 6. The molecule has 30 heavy (non-hydrogen) atoms. The number of amides is 1. The number of rotatable bonds is 12. The second-order valence-electron chi connectivity index (χ2n) is 7.08. The Morgan fingerprint density at radius 1 is 1.23 bits per heavy atom. The minimum Gasteiger partial charge on any atom is -0.480 e. The van der Waals surface area contributed by atoms with Crippen molar-refractivity contribution >= 4 is 17.8 Å². The van der Waals surface area contributed by atoms with Gasteiger partial charge in [-0.25, -0.2) is 9.78 Å². The van der Waals surface area contributed by atoms with Crippen LogP contribution in [0.1, 0.15) is 24.6 Å². The molecule has 162 valence electrons. The van der Waals surface area contributed by atoms with Gasteiger partial charge >= 0.3 is 11.9 Å². The fourth-order valence-corrected chi connectivity index (χ4v) is 3.12. The zero-order chi connectivity index (χ0) is 21.9. The third-order valence-electron chi connectivity index (χ3n) is 4.79. The third-order valence-corrected chi connectivity index (χ3v) is 4.79. The maximum Gasteiger partial charge on any atom is 0.328 e. The average Bonchev–Trinajstić information content (AvgIpc) is 3.24. The van der Waals surface area contributed by atoms with Crippen LogP contribution in [0.4, 0.5) is 0 Å². The van der Waals surface area contributed by atoms with Gasteiger partial charge in [0.25, 0.3) is 0 Å². The fraction of sp³-hybridized carbons (Fsp3) is 0.429. The van der Waals surface area contributed by atoms with Gasteiger partial charge in [0.2, 0.25) is 5.91 Å². The molecule has 0 aliphatic heterocycles. The highest BCUT2D eigenvalue weighted by Gasteiger charge is 2.25. The first-order valence-corrected chi connectivity index (χ1v) is 9.73. The van der Waals surface area contributed by atoms with E-state index in [2.05, 4.69) is 15.3 Å². The fourth-order valence-electron chi connectivity index (χ4n) is 3.12. The van der Waals surface area contributed by atoms with E-state index in [0.717, 1.165) is 12.0 Å². The molecule has 0 radical (unpaired) electrons. The highest BCUT2D eigenvalue weighted by molar-refractivity contribution is 5.86. The molecular weight excluding hydrogens is 388 g/mol. The molecule has 2 rings (SSSR count). The van der Waals surface area contributed by atoms with E-state index in [9.17, 15) is 19.5 Å². The van der Waals surface area contributed by atoms with Gasteiger partial charge in [-0.1, -0.05) is 30.3 Å². The summed E-state index contributed by atoms with van der Waals surface area (Å²) in [7, 11) is 1.24. The number of nitrogens with one attached hydrogen (secondary N) is 2. The summed E-state index contributed by atoms with van der Waals surface area (Å²) in [5.41, 5.74) is 1.75. The third kappa shape index (κ3) is 7.67. The largest absolute Gasteiger partial charge is 0.480 e. The van der Waals surface area contributed by atoms with Gasteiger partial charge in [0.1, 0.15) is 6.04 Å². The second-order valence-corrected chi connectivity index (χ2v) is 7.08. The van der Waals surface area contributed by atoms with Crippen molar-refractivity contribution < 1.29 is 24.2 Å². The molecule has 1 heterocycles. The van der Waals surface area contributed by atoms with E-state index in [4.69, 9.17) is 4.74 Å². The van der Waals surface area contributed by atoms with Crippen molar-refractivity contribution in [2.75, 3.05) is 20.2 Å².